The van der Waals surface area contributed by atoms with Crippen LogP contribution in [0.15, 0.2) is 42.5 Å². The van der Waals surface area contributed by atoms with E-state index in [0.29, 0.717) is 0 Å². The van der Waals surface area contributed by atoms with Gasteiger partial charge in [-0.25, -0.2) is 0 Å². The molecule has 2 heterocycles. The maximum Gasteiger partial charge on any atom is 0.0486 e. The number of fused-ring (bicyclic) bond motifs is 1. The second-order valence-corrected chi connectivity index (χ2v) is 8.01. The average Bonchev–Trinajstić information content (AvgIpc) is 2.95. The van der Waals surface area contributed by atoms with E-state index in [4.69, 9.17) is 0 Å². The van der Waals surface area contributed by atoms with Crippen LogP contribution in [0.3, 0.4) is 0 Å². The highest BCUT2D eigenvalue weighted by Gasteiger charge is 2.15. The van der Waals surface area contributed by atoms with Crippen LogP contribution in [-0.4, -0.2) is 54.1 Å². The number of aromatic nitrogens is 1. The zero-order valence-electron chi connectivity index (χ0n) is 17.3. The number of benzene rings is 2. The molecule has 2 aromatic carbocycles. The summed E-state index contributed by atoms with van der Waals surface area (Å²) in [4.78, 5) is 5.02. The lowest BCUT2D eigenvalue weighted by Gasteiger charge is -2.32. The van der Waals surface area contributed by atoms with Gasteiger partial charge in [-0.2, -0.15) is 0 Å². The van der Waals surface area contributed by atoms with Gasteiger partial charge in [0.05, 0.1) is 0 Å². The van der Waals surface area contributed by atoms with Crippen LogP contribution < -0.4 is 5.32 Å². The van der Waals surface area contributed by atoms with E-state index >= 15 is 0 Å². The van der Waals surface area contributed by atoms with Gasteiger partial charge in [-0.05, 0) is 75.8 Å². The van der Waals surface area contributed by atoms with E-state index in [-0.39, 0.29) is 0 Å². The maximum absolute atomic E-state index is 3.49. The summed E-state index contributed by atoms with van der Waals surface area (Å²) in [5, 5.41) is 4.84. The lowest BCUT2D eigenvalue weighted by Crippen LogP contribution is -2.44. The third-order valence-corrected chi connectivity index (χ3v) is 6.09. The minimum atomic E-state index is 1.07. The highest BCUT2D eigenvalue weighted by Crippen LogP contribution is 2.29. The smallest absolute Gasteiger partial charge is 0.0486 e. The number of hydrogen-bond donors (Lipinski definition) is 1. The molecule has 0 atom stereocenters. The maximum atomic E-state index is 3.49. The lowest BCUT2D eigenvalue weighted by molar-refractivity contribution is 0.151. The molecule has 0 saturated carbocycles. The molecule has 3 aromatic rings. The normalized spacial score (nSPS) is 16.0. The van der Waals surface area contributed by atoms with Crippen LogP contribution in [0, 0.1) is 19.9 Å². The van der Waals surface area contributed by atoms with Gasteiger partial charge in [0.2, 0.25) is 0 Å². The van der Waals surface area contributed by atoms with Gasteiger partial charge in [0.1, 0.15) is 0 Å². The summed E-state index contributed by atoms with van der Waals surface area (Å²) in [7, 11) is 2.22. The zero-order valence-corrected chi connectivity index (χ0v) is 17.3. The summed E-state index contributed by atoms with van der Waals surface area (Å²) >= 11 is 0. The largest absolute Gasteiger partial charge is 0.355 e. The number of nitrogens with zero attached hydrogens (tertiary/aromatic N) is 3. The van der Waals surface area contributed by atoms with Crippen molar-refractivity contribution in [3.8, 4) is 0 Å². The molecule has 0 amide bonds. The SMILES string of the molecule is Cc1c(C)n(CCCN2CCN(C)CC2)c2ccc(Nc3c[c]ccc3)cc12. The molecule has 4 rings (SSSR count). The monoisotopic (exact) mass is 375 g/mol. The van der Waals surface area contributed by atoms with E-state index in [1.807, 2.05) is 18.2 Å². The molecule has 147 valence electrons. The van der Waals surface area contributed by atoms with Crippen molar-refractivity contribution in [2.24, 2.45) is 0 Å². The molecule has 0 unspecified atom stereocenters. The number of piperazine rings is 1. The molecule has 1 aliphatic rings. The first-order chi connectivity index (χ1) is 13.6. The summed E-state index contributed by atoms with van der Waals surface area (Å²) in [6.07, 6.45) is 1.20. The highest BCUT2D eigenvalue weighted by atomic mass is 15.2. The lowest BCUT2D eigenvalue weighted by atomic mass is 10.1. The topological polar surface area (TPSA) is 23.4 Å². The molecule has 4 heteroatoms. The summed E-state index contributed by atoms with van der Waals surface area (Å²) < 4.78 is 2.50. The summed E-state index contributed by atoms with van der Waals surface area (Å²) in [5.41, 5.74) is 6.32. The molecule has 1 N–H and O–H groups in total. The fourth-order valence-electron chi connectivity index (χ4n) is 4.18. The Morgan fingerprint density at radius 1 is 1.00 bits per heavy atom. The van der Waals surface area contributed by atoms with E-state index in [9.17, 15) is 0 Å². The van der Waals surface area contributed by atoms with E-state index in [2.05, 4.69) is 70.9 Å². The Labute approximate surface area is 168 Å². The quantitative estimate of drug-likeness (QED) is 0.689. The zero-order chi connectivity index (χ0) is 19.5. The molecule has 1 fully saturated rings. The standard InChI is InChI=1S/C24H31N4/c1-19-20(2)28(13-7-12-27-16-14-26(3)15-17-27)24-11-10-22(18-23(19)24)25-21-8-5-4-6-9-21/h4-5,8-11,18,25H,7,12-17H2,1-3H3. The summed E-state index contributed by atoms with van der Waals surface area (Å²) in [6, 6.07) is 17.8. The Bertz CT molecular complexity index is 921. The molecule has 1 radical (unpaired) electrons. The number of likely N-dealkylation sites (N-methyl/N-ethyl adjacent to an activating group) is 1. The van der Waals surface area contributed by atoms with Crippen molar-refractivity contribution in [3.05, 3.63) is 59.8 Å². The summed E-state index contributed by atoms with van der Waals surface area (Å²) in [6.45, 7) is 11.6. The van der Waals surface area contributed by atoms with Gasteiger partial charge in [-0.15, -0.1) is 0 Å². The molecular weight excluding hydrogens is 344 g/mol. The molecule has 0 aliphatic carbocycles. The van der Waals surface area contributed by atoms with Crippen LogP contribution in [-0.2, 0) is 6.54 Å². The number of aryl methyl sites for hydroxylation is 2. The second kappa shape index (κ2) is 8.38. The predicted octanol–water partition coefficient (Wildman–Crippen LogP) is 4.44. The molecule has 1 aromatic heterocycles. The average molecular weight is 376 g/mol. The fourth-order valence-corrected chi connectivity index (χ4v) is 4.18. The van der Waals surface area contributed by atoms with E-state index in [0.717, 1.165) is 17.9 Å². The van der Waals surface area contributed by atoms with Gasteiger partial charge in [0, 0.05) is 60.7 Å². The van der Waals surface area contributed by atoms with Crippen LogP contribution in [0.4, 0.5) is 11.4 Å². The first-order valence-corrected chi connectivity index (χ1v) is 10.4. The third-order valence-electron chi connectivity index (χ3n) is 6.09. The molecule has 4 nitrogen and oxygen atoms in total. The van der Waals surface area contributed by atoms with Crippen LogP contribution in [0.5, 0.6) is 0 Å². The van der Waals surface area contributed by atoms with Crippen molar-refractivity contribution in [3.63, 3.8) is 0 Å². The van der Waals surface area contributed by atoms with Crippen LogP contribution in [0.2, 0.25) is 0 Å². The number of nitrogens with one attached hydrogen (secondary N) is 1. The molecular formula is C24H31N4. The van der Waals surface area contributed by atoms with E-state index in [1.54, 1.807) is 0 Å². The summed E-state index contributed by atoms with van der Waals surface area (Å²) in [5.74, 6) is 0. The Morgan fingerprint density at radius 3 is 2.57 bits per heavy atom. The number of anilines is 2. The van der Waals surface area contributed by atoms with Crippen LogP contribution in [0.1, 0.15) is 17.7 Å². The van der Waals surface area contributed by atoms with Crippen molar-refractivity contribution in [2.75, 3.05) is 45.1 Å². The Hall–Kier alpha value is -2.30. The first-order valence-electron chi connectivity index (χ1n) is 10.4. The first kappa shape index (κ1) is 19.0. The highest BCUT2D eigenvalue weighted by molar-refractivity contribution is 5.89. The van der Waals surface area contributed by atoms with Gasteiger partial charge < -0.3 is 19.7 Å². The predicted molar refractivity (Wildman–Crippen MR) is 119 cm³/mol. The van der Waals surface area contributed by atoms with Gasteiger partial charge in [0.25, 0.3) is 0 Å². The molecule has 0 bridgehead atoms. The molecule has 0 spiro atoms. The second-order valence-electron chi connectivity index (χ2n) is 8.01. The van der Waals surface area contributed by atoms with Crippen molar-refractivity contribution in [1.82, 2.24) is 14.4 Å². The number of hydrogen-bond acceptors (Lipinski definition) is 3. The van der Waals surface area contributed by atoms with Gasteiger partial charge in [0.15, 0.2) is 0 Å². The minimum Gasteiger partial charge on any atom is -0.355 e. The molecule has 1 aliphatic heterocycles. The molecule has 28 heavy (non-hydrogen) atoms. The van der Waals surface area contributed by atoms with Crippen molar-refractivity contribution in [1.29, 1.82) is 0 Å². The Kier molecular flexibility index (Phi) is 5.69. The van der Waals surface area contributed by atoms with E-state index < -0.39 is 0 Å². The van der Waals surface area contributed by atoms with Crippen molar-refractivity contribution in [2.45, 2.75) is 26.8 Å². The minimum absolute atomic E-state index is 1.07. The number of rotatable bonds is 6. The van der Waals surface area contributed by atoms with Crippen LogP contribution in [0.25, 0.3) is 10.9 Å². The Morgan fingerprint density at radius 2 is 1.82 bits per heavy atom. The van der Waals surface area contributed by atoms with Crippen molar-refractivity contribution >= 4 is 22.3 Å². The Balaban J connectivity index is 1.47. The van der Waals surface area contributed by atoms with Gasteiger partial charge in [-0.1, -0.05) is 12.1 Å². The third kappa shape index (κ3) is 4.08. The van der Waals surface area contributed by atoms with Gasteiger partial charge in [-0.3, -0.25) is 0 Å². The van der Waals surface area contributed by atoms with E-state index in [1.165, 1.54) is 61.3 Å². The van der Waals surface area contributed by atoms with Gasteiger partial charge >= 0.3 is 0 Å². The van der Waals surface area contributed by atoms with Crippen molar-refractivity contribution < 1.29 is 0 Å². The van der Waals surface area contributed by atoms with Crippen LogP contribution >= 0.6 is 0 Å². The fraction of sp³-hybridized carbons (Fsp3) is 0.417. The molecule has 1 saturated heterocycles.